The van der Waals surface area contributed by atoms with Crippen LogP contribution in [0.2, 0.25) is 0 Å². The van der Waals surface area contributed by atoms with Gasteiger partial charge in [0.2, 0.25) is 0 Å². The second-order valence-corrected chi connectivity index (χ2v) is 0.287. The molecule has 0 aromatic rings. The minimum atomic E-state index is 2.08. The van der Waals surface area contributed by atoms with E-state index in [0.717, 1.165) is 0 Å². The van der Waals surface area contributed by atoms with Crippen LogP contribution in [0.15, 0.2) is 11.7 Å². The zero-order chi connectivity index (χ0) is 3.41. The number of hydrogen-bond donors (Lipinski definition) is 1. The maximum absolute atomic E-state index is 4.48. The Morgan fingerprint density at radius 2 is 2.25 bits per heavy atom. The molecule has 0 aliphatic heterocycles. The molecule has 0 aliphatic rings. The van der Waals surface area contributed by atoms with Crippen LogP contribution in [0.4, 0.5) is 0 Å². The van der Waals surface area contributed by atoms with Gasteiger partial charge >= 0.3 is 0 Å². The van der Waals surface area contributed by atoms with E-state index < -0.39 is 0 Å². The van der Waals surface area contributed by atoms with Crippen molar-refractivity contribution >= 4 is 5.87 Å². The first-order valence-corrected chi connectivity index (χ1v) is 0.835. The van der Waals surface area contributed by atoms with E-state index in [4.69, 9.17) is 0 Å². The Kier molecular flexibility index (Phi) is 1.83. The first-order valence-electron chi connectivity index (χ1n) is 0.835. The highest BCUT2D eigenvalue weighted by atomic mass is 15.1. The van der Waals surface area contributed by atoms with Crippen LogP contribution in [-0.4, -0.2) is 5.87 Å². The average molecular weight is 56.1 g/mol. The third-order valence-corrected chi connectivity index (χ3v) is 0.0913. The first-order chi connectivity index (χ1) is 1.91. The molecule has 4 heavy (non-hydrogen) atoms. The summed E-state index contributed by atoms with van der Waals surface area (Å²) in [5.74, 6) is 6.56. The molecule has 0 atom stereocenters. The van der Waals surface area contributed by atoms with E-state index in [9.17, 15) is 0 Å². The molecule has 0 saturated heterocycles. The number of hydrazone groups is 1. The van der Waals surface area contributed by atoms with Crippen LogP contribution in [0.5, 0.6) is 0 Å². The lowest BCUT2D eigenvalue weighted by Gasteiger charge is -1.46. The fraction of sp³-hybridized carbons (Fsp3) is 0. The van der Waals surface area contributed by atoms with Crippen LogP contribution in [0.25, 0.3) is 0 Å². The van der Waals surface area contributed by atoms with Gasteiger partial charge in [-0.15, -0.1) is 5.10 Å². The van der Waals surface area contributed by atoms with Crippen LogP contribution >= 0.6 is 0 Å². The SMILES string of the molecule is C=C=NN. The highest BCUT2D eigenvalue weighted by Gasteiger charge is 1.18. The fourth-order valence-electron chi connectivity index (χ4n) is 0. The van der Waals surface area contributed by atoms with Crippen molar-refractivity contribution in [2.75, 3.05) is 0 Å². The number of hydrogen-bond acceptors (Lipinski definition) is 2. The van der Waals surface area contributed by atoms with E-state index in [0.29, 0.717) is 0 Å². The normalized spacial score (nSPS) is 4.00. The summed E-state index contributed by atoms with van der Waals surface area (Å²) in [5, 5.41) is 2.88. The topological polar surface area (TPSA) is 38.4 Å². The molecule has 0 aliphatic carbocycles. The molecule has 22 valence electrons. The van der Waals surface area contributed by atoms with Gasteiger partial charge in [-0.25, -0.2) is 0 Å². The minimum absolute atomic E-state index is 2.08. The number of nitrogens with two attached hydrogens (primary N) is 1. The van der Waals surface area contributed by atoms with Crippen molar-refractivity contribution in [2.45, 2.75) is 0 Å². The number of nitrogens with zero attached hydrogens (tertiary/aromatic N) is 1. The van der Waals surface area contributed by atoms with E-state index >= 15 is 0 Å². The smallest absolute Gasteiger partial charge is 0.000249 e. The van der Waals surface area contributed by atoms with Gasteiger partial charge in [-0.05, 0) is 12.4 Å². The summed E-state index contributed by atoms with van der Waals surface area (Å²) in [4.78, 5) is 0. The molecule has 2 nitrogen and oxygen atoms in total. The average Bonchev–Trinajstić information content (AvgIpc) is 1.37. The lowest BCUT2D eigenvalue weighted by atomic mass is 11.2. The van der Waals surface area contributed by atoms with E-state index in [2.05, 4.69) is 23.4 Å². The number of rotatable bonds is 0. The molecule has 0 rings (SSSR count). The molecule has 2 heteroatoms. The van der Waals surface area contributed by atoms with Gasteiger partial charge in [0.25, 0.3) is 0 Å². The van der Waals surface area contributed by atoms with Crippen molar-refractivity contribution in [3.63, 3.8) is 0 Å². The summed E-state index contributed by atoms with van der Waals surface area (Å²) in [5.41, 5.74) is 0. The zero-order valence-electron chi connectivity index (χ0n) is 2.23. The third-order valence-electron chi connectivity index (χ3n) is 0.0913. The van der Waals surface area contributed by atoms with Crippen molar-refractivity contribution in [1.29, 1.82) is 0 Å². The van der Waals surface area contributed by atoms with Crippen molar-refractivity contribution in [3.05, 3.63) is 6.58 Å². The molecule has 0 aromatic carbocycles. The van der Waals surface area contributed by atoms with Crippen molar-refractivity contribution in [1.82, 2.24) is 0 Å². The molecule has 0 unspecified atom stereocenters. The van der Waals surface area contributed by atoms with Crippen molar-refractivity contribution in [3.8, 4) is 0 Å². The predicted molar refractivity (Wildman–Crippen MR) is 17.2 cm³/mol. The Labute approximate surface area is 24.6 Å². The van der Waals surface area contributed by atoms with Crippen LogP contribution in [0, 0.1) is 0 Å². The fourth-order valence-corrected chi connectivity index (χ4v) is 0. The summed E-state index contributed by atoms with van der Waals surface area (Å²) in [6.45, 7) is 3.06. The molecular weight excluding hydrogens is 52.0 g/mol. The summed E-state index contributed by atoms with van der Waals surface area (Å²) in [6, 6.07) is 0. The minimum Gasteiger partial charge on any atom is -0.315 e. The molecule has 0 amide bonds. The van der Waals surface area contributed by atoms with Crippen LogP contribution in [0.3, 0.4) is 0 Å². The van der Waals surface area contributed by atoms with Crippen molar-refractivity contribution in [2.24, 2.45) is 10.9 Å². The second kappa shape index (κ2) is 2.25. The van der Waals surface area contributed by atoms with E-state index in [1.807, 2.05) is 0 Å². The van der Waals surface area contributed by atoms with Gasteiger partial charge in [-0.1, -0.05) is 0 Å². The summed E-state index contributed by atoms with van der Waals surface area (Å²) < 4.78 is 0. The van der Waals surface area contributed by atoms with E-state index in [1.165, 1.54) is 0 Å². The Hall–Kier alpha value is -0.750. The van der Waals surface area contributed by atoms with Gasteiger partial charge in [0, 0.05) is 0 Å². The lowest BCUT2D eigenvalue weighted by Crippen LogP contribution is -1.70. The van der Waals surface area contributed by atoms with E-state index in [-0.39, 0.29) is 0 Å². The highest BCUT2D eigenvalue weighted by molar-refractivity contribution is 5.45. The molecule has 0 fully saturated rings. The van der Waals surface area contributed by atoms with Gasteiger partial charge in [0.05, 0.1) is 0 Å². The molecule has 2 N–H and O–H groups in total. The standard InChI is InChI=1S/C2H4N2/c1-2-4-3/h1,3H2. The van der Waals surface area contributed by atoms with Crippen molar-refractivity contribution < 1.29 is 0 Å². The summed E-state index contributed by atoms with van der Waals surface area (Å²) >= 11 is 0. The third kappa shape index (κ3) is 1.25. The molecular formula is C2H4N2. The van der Waals surface area contributed by atoms with Crippen LogP contribution < -0.4 is 5.84 Å². The summed E-state index contributed by atoms with van der Waals surface area (Å²) in [7, 11) is 0. The van der Waals surface area contributed by atoms with Gasteiger partial charge in [-0.3, -0.25) is 0 Å². The van der Waals surface area contributed by atoms with Gasteiger partial charge in [0.15, 0.2) is 0 Å². The maximum Gasteiger partial charge on any atom is -0.000249 e. The second-order valence-electron chi connectivity index (χ2n) is 0.287. The predicted octanol–water partition coefficient (Wildman–Crippen LogP) is -0.284. The van der Waals surface area contributed by atoms with Crippen LogP contribution in [0.1, 0.15) is 0 Å². The monoisotopic (exact) mass is 56.0 g/mol. The zero-order valence-corrected chi connectivity index (χ0v) is 2.23. The molecule has 0 radical (unpaired) electrons. The maximum atomic E-state index is 4.48. The van der Waals surface area contributed by atoms with Gasteiger partial charge in [0.1, 0.15) is 0 Å². The highest BCUT2D eigenvalue weighted by Crippen LogP contribution is 1.17. The molecule has 0 heterocycles. The first kappa shape index (κ1) is 3.25. The molecule has 0 aromatic heterocycles. The van der Waals surface area contributed by atoms with E-state index in [1.54, 1.807) is 0 Å². The van der Waals surface area contributed by atoms with Crippen LogP contribution in [-0.2, 0) is 0 Å². The van der Waals surface area contributed by atoms with Gasteiger partial charge in [-0.2, -0.15) is 0 Å². The molecule has 0 spiro atoms. The largest absolute Gasteiger partial charge is 0.315 e. The molecule has 0 bridgehead atoms. The Morgan fingerprint density at radius 3 is 2.25 bits per heavy atom. The lowest BCUT2D eigenvalue weighted by molar-refractivity contribution is 1.27. The quantitative estimate of drug-likeness (QED) is 0.231. The molecule has 0 saturated carbocycles. The Bertz CT molecular complexity index is 42.0. The summed E-state index contributed by atoms with van der Waals surface area (Å²) in [6.07, 6.45) is 0. The Morgan fingerprint density at radius 1 is 2.00 bits per heavy atom. The van der Waals surface area contributed by atoms with Gasteiger partial charge < -0.3 is 5.84 Å². The Balaban J connectivity index is 3.11.